The van der Waals surface area contributed by atoms with Gasteiger partial charge >= 0.3 is 12.0 Å². The maximum absolute atomic E-state index is 12.4. The number of benzene rings is 1. The maximum atomic E-state index is 12.4. The quantitative estimate of drug-likeness (QED) is 0.844. The number of hydrogen-bond acceptors (Lipinski definition) is 2. The first kappa shape index (κ1) is 17.0. The average Bonchev–Trinajstić information content (AvgIpc) is 2.39. The molecule has 0 aromatic heterocycles. The number of aryl methyl sites for hydroxylation is 1. The Kier molecular flexibility index (Phi) is 6.21. The molecule has 0 aliphatic rings. The Hall–Kier alpha value is -2.04. The van der Waals surface area contributed by atoms with Gasteiger partial charge in [0.25, 0.3) is 0 Å². The predicted molar refractivity (Wildman–Crippen MR) is 83.6 cm³/mol. The van der Waals surface area contributed by atoms with Crippen molar-refractivity contribution in [3.8, 4) is 0 Å². The summed E-state index contributed by atoms with van der Waals surface area (Å²) in [7, 11) is 0. The van der Waals surface area contributed by atoms with Crippen LogP contribution in [-0.4, -0.2) is 34.6 Å². The van der Waals surface area contributed by atoms with Crippen LogP contribution in [0.3, 0.4) is 0 Å². The van der Waals surface area contributed by atoms with Gasteiger partial charge in [0, 0.05) is 24.7 Å². The molecule has 1 aromatic carbocycles. The molecular formula is C16H24N2O3. The Bertz CT molecular complexity index is 512. The van der Waals surface area contributed by atoms with E-state index in [4.69, 9.17) is 5.11 Å². The van der Waals surface area contributed by atoms with E-state index in [9.17, 15) is 9.59 Å². The number of carboxylic acids is 1. The molecule has 0 spiro atoms. The van der Waals surface area contributed by atoms with Crippen LogP contribution in [0.4, 0.5) is 10.5 Å². The van der Waals surface area contributed by atoms with Gasteiger partial charge in [0.15, 0.2) is 0 Å². The van der Waals surface area contributed by atoms with Crippen molar-refractivity contribution in [1.82, 2.24) is 4.90 Å². The predicted octanol–water partition coefficient (Wildman–Crippen LogP) is 3.41. The summed E-state index contributed by atoms with van der Waals surface area (Å²) in [5.41, 5.74) is 2.96. The third-order valence-electron chi connectivity index (χ3n) is 3.52. The van der Waals surface area contributed by atoms with E-state index in [1.807, 2.05) is 45.9 Å². The molecule has 0 fully saturated rings. The summed E-state index contributed by atoms with van der Waals surface area (Å²) in [5.74, 6) is -0.839. The molecule has 5 nitrogen and oxygen atoms in total. The third kappa shape index (κ3) is 5.10. The molecule has 0 aliphatic heterocycles. The second kappa shape index (κ2) is 7.67. The van der Waals surface area contributed by atoms with Crippen LogP contribution < -0.4 is 5.32 Å². The van der Waals surface area contributed by atoms with Gasteiger partial charge in [0.2, 0.25) is 0 Å². The summed E-state index contributed by atoms with van der Waals surface area (Å²) < 4.78 is 0. The minimum Gasteiger partial charge on any atom is -0.481 e. The fourth-order valence-corrected chi connectivity index (χ4v) is 2.07. The Labute approximate surface area is 126 Å². The molecule has 1 aromatic rings. The van der Waals surface area contributed by atoms with Gasteiger partial charge in [0.05, 0.1) is 0 Å². The van der Waals surface area contributed by atoms with Crippen LogP contribution in [0.25, 0.3) is 0 Å². The van der Waals surface area contributed by atoms with Gasteiger partial charge in [-0.2, -0.15) is 0 Å². The Morgan fingerprint density at radius 1 is 1.29 bits per heavy atom. The number of carbonyl (C=O) groups excluding carboxylic acids is 1. The number of hydrogen-bond donors (Lipinski definition) is 2. The molecule has 21 heavy (non-hydrogen) atoms. The first-order chi connectivity index (χ1) is 9.82. The number of amides is 2. The van der Waals surface area contributed by atoms with Crippen LogP contribution in [0.5, 0.6) is 0 Å². The van der Waals surface area contributed by atoms with Crippen molar-refractivity contribution >= 4 is 17.7 Å². The SMILES string of the molecule is Cc1cccc(NC(=O)N(CCCC(=O)O)C(C)C)c1C. The molecule has 0 bridgehead atoms. The Morgan fingerprint density at radius 2 is 1.95 bits per heavy atom. The van der Waals surface area contributed by atoms with E-state index in [-0.39, 0.29) is 18.5 Å². The zero-order chi connectivity index (χ0) is 16.0. The molecule has 116 valence electrons. The van der Waals surface area contributed by atoms with Crippen molar-refractivity contribution in [3.63, 3.8) is 0 Å². The zero-order valence-corrected chi connectivity index (χ0v) is 13.1. The Balaban J connectivity index is 2.73. The normalized spacial score (nSPS) is 10.5. The fraction of sp³-hybridized carbons (Fsp3) is 0.500. The van der Waals surface area contributed by atoms with E-state index >= 15 is 0 Å². The highest BCUT2D eigenvalue weighted by Gasteiger charge is 2.17. The van der Waals surface area contributed by atoms with Crippen LogP contribution in [0, 0.1) is 13.8 Å². The zero-order valence-electron chi connectivity index (χ0n) is 13.1. The molecule has 5 heteroatoms. The van der Waals surface area contributed by atoms with Crippen molar-refractivity contribution in [2.45, 2.75) is 46.6 Å². The molecule has 0 aliphatic carbocycles. The van der Waals surface area contributed by atoms with E-state index in [1.54, 1.807) is 4.90 Å². The minimum absolute atomic E-state index is 0.0175. The van der Waals surface area contributed by atoms with E-state index in [1.165, 1.54) is 0 Å². The molecular weight excluding hydrogens is 268 g/mol. The molecule has 2 N–H and O–H groups in total. The Morgan fingerprint density at radius 3 is 2.52 bits per heavy atom. The highest BCUT2D eigenvalue weighted by molar-refractivity contribution is 5.90. The molecule has 0 heterocycles. The topological polar surface area (TPSA) is 69.6 Å². The second-order valence-electron chi connectivity index (χ2n) is 5.46. The smallest absolute Gasteiger partial charge is 0.322 e. The first-order valence-electron chi connectivity index (χ1n) is 7.18. The van der Waals surface area contributed by atoms with Crippen molar-refractivity contribution in [2.24, 2.45) is 0 Å². The van der Waals surface area contributed by atoms with Gasteiger partial charge in [-0.1, -0.05) is 12.1 Å². The fourth-order valence-electron chi connectivity index (χ4n) is 2.07. The summed E-state index contributed by atoms with van der Waals surface area (Å²) in [6, 6.07) is 5.60. The lowest BCUT2D eigenvalue weighted by atomic mass is 10.1. The lowest BCUT2D eigenvalue weighted by Crippen LogP contribution is -2.41. The van der Waals surface area contributed by atoms with Crippen molar-refractivity contribution in [3.05, 3.63) is 29.3 Å². The lowest BCUT2D eigenvalue weighted by molar-refractivity contribution is -0.137. The highest BCUT2D eigenvalue weighted by atomic mass is 16.4. The van der Waals surface area contributed by atoms with Gasteiger partial charge in [-0.25, -0.2) is 4.79 Å². The van der Waals surface area contributed by atoms with Gasteiger partial charge in [0.1, 0.15) is 0 Å². The first-order valence-corrected chi connectivity index (χ1v) is 7.18. The summed E-state index contributed by atoms with van der Waals surface area (Å²) in [6.07, 6.45) is 0.522. The molecule has 0 unspecified atom stereocenters. The maximum Gasteiger partial charge on any atom is 0.322 e. The molecule has 2 amide bonds. The van der Waals surface area contributed by atoms with E-state index in [0.717, 1.165) is 16.8 Å². The summed E-state index contributed by atoms with van der Waals surface area (Å²) in [4.78, 5) is 24.6. The standard InChI is InChI=1S/C16H24N2O3/c1-11(2)18(10-6-9-15(19)20)16(21)17-14-8-5-7-12(3)13(14)4/h5,7-8,11H,6,9-10H2,1-4H3,(H,17,21)(H,19,20). The number of anilines is 1. The summed E-state index contributed by atoms with van der Waals surface area (Å²) >= 11 is 0. The van der Waals surface area contributed by atoms with Crippen molar-refractivity contribution in [1.29, 1.82) is 0 Å². The number of nitrogens with one attached hydrogen (secondary N) is 1. The van der Waals surface area contributed by atoms with E-state index in [2.05, 4.69) is 5.32 Å². The van der Waals surface area contributed by atoms with Gasteiger partial charge < -0.3 is 15.3 Å². The minimum atomic E-state index is -0.839. The summed E-state index contributed by atoms with van der Waals surface area (Å²) in [5, 5.41) is 11.6. The van der Waals surface area contributed by atoms with Crippen molar-refractivity contribution in [2.75, 3.05) is 11.9 Å². The van der Waals surface area contributed by atoms with E-state index < -0.39 is 5.97 Å². The molecule has 0 saturated carbocycles. The van der Waals surface area contributed by atoms with Crippen LogP contribution in [-0.2, 0) is 4.79 Å². The van der Waals surface area contributed by atoms with Crippen LogP contribution in [0.15, 0.2) is 18.2 Å². The number of nitrogens with zero attached hydrogens (tertiary/aromatic N) is 1. The third-order valence-corrected chi connectivity index (χ3v) is 3.52. The largest absolute Gasteiger partial charge is 0.481 e. The highest BCUT2D eigenvalue weighted by Crippen LogP contribution is 2.19. The lowest BCUT2D eigenvalue weighted by Gasteiger charge is -2.27. The molecule has 1 rings (SSSR count). The number of rotatable bonds is 6. The molecule has 0 radical (unpaired) electrons. The van der Waals surface area contributed by atoms with Gasteiger partial charge in [-0.05, 0) is 51.3 Å². The van der Waals surface area contributed by atoms with Crippen LogP contribution >= 0.6 is 0 Å². The molecule has 0 saturated heterocycles. The van der Waals surface area contributed by atoms with Gasteiger partial charge in [-0.15, -0.1) is 0 Å². The number of urea groups is 1. The van der Waals surface area contributed by atoms with Crippen LogP contribution in [0.1, 0.15) is 37.8 Å². The summed E-state index contributed by atoms with van der Waals surface area (Å²) in [6.45, 7) is 8.24. The van der Waals surface area contributed by atoms with Crippen LogP contribution in [0.2, 0.25) is 0 Å². The van der Waals surface area contributed by atoms with E-state index in [0.29, 0.717) is 13.0 Å². The van der Waals surface area contributed by atoms with Crippen molar-refractivity contribution < 1.29 is 14.7 Å². The number of carbonyl (C=O) groups is 2. The number of carboxylic acid groups (broad SMARTS) is 1. The average molecular weight is 292 g/mol. The molecule has 0 atom stereocenters. The monoisotopic (exact) mass is 292 g/mol. The second-order valence-corrected chi connectivity index (χ2v) is 5.46. The number of aliphatic carboxylic acids is 1. The van der Waals surface area contributed by atoms with Gasteiger partial charge in [-0.3, -0.25) is 4.79 Å².